The Morgan fingerprint density at radius 2 is 1.82 bits per heavy atom. The fourth-order valence-corrected chi connectivity index (χ4v) is 3.06. The van der Waals surface area contributed by atoms with Gasteiger partial charge in [-0.2, -0.15) is 0 Å². The number of nitrogens with zero attached hydrogens (tertiary/aromatic N) is 1. The van der Waals surface area contributed by atoms with E-state index in [1.165, 1.54) is 4.90 Å². The molecule has 11 heteroatoms. The molecule has 3 unspecified atom stereocenters. The molecule has 7 N–H and O–H groups in total. The van der Waals surface area contributed by atoms with E-state index in [0.29, 0.717) is 12.8 Å². The number of carbonyl (C=O) groups excluding carboxylic acids is 4. The maximum absolute atomic E-state index is 12.9. The minimum absolute atomic E-state index is 0.0194. The monoisotopic (exact) mass is 399 g/mol. The van der Waals surface area contributed by atoms with Gasteiger partial charge in [0.25, 0.3) is 0 Å². The quantitative estimate of drug-likeness (QED) is 0.279. The van der Waals surface area contributed by atoms with Gasteiger partial charge in [-0.15, -0.1) is 0 Å². The van der Waals surface area contributed by atoms with Crippen LogP contribution in [0.4, 0.5) is 0 Å². The summed E-state index contributed by atoms with van der Waals surface area (Å²) in [6.45, 7) is 3.28. The Bertz CT molecular complexity index is 623. The third-order valence-corrected chi connectivity index (χ3v) is 4.57. The molecule has 28 heavy (non-hydrogen) atoms. The Labute approximate surface area is 163 Å². The highest BCUT2D eigenvalue weighted by molar-refractivity contribution is 5.94. The fourth-order valence-electron chi connectivity index (χ4n) is 3.06. The van der Waals surface area contributed by atoms with Crippen molar-refractivity contribution in [3.63, 3.8) is 0 Å². The second kappa shape index (κ2) is 10.6. The SMILES string of the molecule is CC(C)C(NC(=O)C1CCCN1C(=O)C(CCC(N)=O)NC(=O)CN)C(=O)O. The summed E-state index contributed by atoms with van der Waals surface area (Å²) in [4.78, 5) is 60.8. The first-order chi connectivity index (χ1) is 13.1. The Hall–Kier alpha value is -2.69. The molecule has 3 atom stereocenters. The number of carboxylic acid groups (broad SMARTS) is 1. The van der Waals surface area contributed by atoms with E-state index in [0.717, 1.165) is 0 Å². The Balaban J connectivity index is 2.92. The van der Waals surface area contributed by atoms with Crippen molar-refractivity contribution in [3.8, 4) is 0 Å². The molecule has 0 aromatic rings. The molecule has 1 heterocycles. The summed E-state index contributed by atoms with van der Waals surface area (Å²) in [6, 6.07) is -2.97. The molecular weight excluding hydrogens is 370 g/mol. The lowest BCUT2D eigenvalue weighted by molar-refractivity contribution is -0.145. The smallest absolute Gasteiger partial charge is 0.326 e. The summed E-state index contributed by atoms with van der Waals surface area (Å²) in [6.07, 6.45) is 0.779. The molecule has 0 aromatic carbocycles. The van der Waals surface area contributed by atoms with Crippen LogP contribution in [-0.4, -0.2) is 70.8 Å². The lowest BCUT2D eigenvalue weighted by Crippen LogP contribution is -2.56. The average molecular weight is 399 g/mol. The third-order valence-electron chi connectivity index (χ3n) is 4.57. The summed E-state index contributed by atoms with van der Waals surface area (Å²) >= 11 is 0. The molecule has 0 radical (unpaired) electrons. The number of rotatable bonds is 10. The van der Waals surface area contributed by atoms with Crippen molar-refractivity contribution < 1.29 is 29.1 Å². The average Bonchev–Trinajstić information content (AvgIpc) is 3.11. The molecule has 1 rings (SSSR count). The zero-order valence-corrected chi connectivity index (χ0v) is 16.1. The number of nitrogens with two attached hydrogens (primary N) is 2. The lowest BCUT2D eigenvalue weighted by atomic mass is 10.0. The van der Waals surface area contributed by atoms with Crippen molar-refractivity contribution in [2.75, 3.05) is 13.1 Å². The van der Waals surface area contributed by atoms with Crippen LogP contribution in [0.15, 0.2) is 0 Å². The number of carbonyl (C=O) groups is 5. The second-order valence-electron chi connectivity index (χ2n) is 7.09. The van der Waals surface area contributed by atoms with Gasteiger partial charge in [-0.1, -0.05) is 13.8 Å². The number of likely N-dealkylation sites (tertiary alicyclic amines) is 1. The highest BCUT2D eigenvalue weighted by Crippen LogP contribution is 2.20. The summed E-state index contributed by atoms with van der Waals surface area (Å²) in [5.74, 6) is -3.79. The first-order valence-electron chi connectivity index (χ1n) is 9.19. The van der Waals surface area contributed by atoms with Gasteiger partial charge in [-0.25, -0.2) is 4.79 Å². The number of nitrogens with one attached hydrogen (secondary N) is 2. The van der Waals surface area contributed by atoms with Gasteiger partial charge in [-0.05, 0) is 25.2 Å². The summed E-state index contributed by atoms with van der Waals surface area (Å²) in [5, 5.41) is 14.2. The van der Waals surface area contributed by atoms with E-state index in [-0.39, 0.29) is 31.8 Å². The van der Waals surface area contributed by atoms with Crippen molar-refractivity contribution in [2.24, 2.45) is 17.4 Å². The second-order valence-corrected chi connectivity index (χ2v) is 7.09. The van der Waals surface area contributed by atoms with Gasteiger partial charge in [0.1, 0.15) is 18.1 Å². The highest BCUT2D eigenvalue weighted by atomic mass is 16.4. The van der Waals surface area contributed by atoms with Gasteiger partial charge in [0.15, 0.2) is 0 Å². The van der Waals surface area contributed by atoms with Crippen molar-refractivity contribution in [1.29, 1.82) is 0 Å². The predicted molar refractivity (Wildman–Crippen MR) is 98.6 cm³/mol. The molecule has 1 aliphatic heterocycles. The minimum atomic E-state index is -1.16. The van der Waals surface area contributed by atoms with Crippen molar-refractivity contribution >= 4 is 29.6 Å². The summed E-state index contributed by atoms with van der Waals surface area (Å²) in [7, 11) is 0. The van der Waals surface area contributed by atoms with Crippen LogP contribution in [0.25, 0.3) is 0 Å². The van der Waals surface area contributed by atoms with Gasteiger partial charge in [0, 0.05) is 13.0 Å². The third kappa shape index (κ3) is 6.48. The molecule has 0 spiro atoms. The molecule has 0 aliphatic carbocycles. The largest absolute Gasteiger partial charge is 0.480 e. The van der Waals surface area contributed by atoms with E-state index >= 15 is 0 Å². The molecule has 1 fully saturated rings. The number of hydrogen-bond donors (Lipinski definition) is 5. The zero-order valence-electron chi connectivity index (χ0n) is 16.1. The van der Waals surface area contributed by atoms with E-state index in [1.807, 2.05) is 0 Å². The van der Waals surface area contributed by atoms with E-state index < -0.39 is 47.7 Å². The van der Waals surface area contributed by atoms with Gasteiger partial charge in [-0.3, -0.25) is 19.2 Å². The van der Waals surface area contributed by atoms with E-state index in [4.69, 9.17) is 11.5 Å². The number of hydrogen-bond acceptors (Lipinski definition) is 6. The van der Waals surface area contributed by atoms with Gasteiger partial charge in [0.05, 0.1) is 6.54 Å². The molecular formula is C17H29N5O6. The maximum Gasteiger partial charge on any atom is 0.326 e. The standard InChI is InChI=1S/C17H29N5O6/c1-9(2)14(17(27)28)21-15(25)11-4-3-7-22(11)16(26)10(5-6-12(19)23)20-13(24)8-18/h9-11,14H,3-8,18H2,1-2H3,(H2,19,23)(H,20,24)(H,21,25)(H,27,28). The van der Waals surface area contributed by atoms with E-state index in [2.05, 4.69) is 10.6 Å². The maximum atomic E-state index is 12.9. The van der Waals surface area contributed by atoms with Crippen LogP contribution >= 0.6 is 0 Å². The first kappa shape index (κ1) is 23.3. The normalized spacial score (nSPS) is 18.4. The fraction of sp³-hybridized carbons (Fsp3) is 0.706. The van der Waals surface area contributed by atoms with Crippen LogP contribution < -0.4 is 22.1 Å². The van der Waals surface area contributed by atoms with Crippen LogP contribution in [0.3, 0.4) is 0 Å². The van der Waals surface area contributed by atoms with Crippen LogP contribution in [-0.2, 0) is 24.0 Å². The van der Waals surface area contributed by atoms with Crippen molar-refractivity contribution in [2.45, 2.75) is 57.7 Å². The van der Waals surface area contributed by atoms with Crippen LogP contribution in [0.5, 0.6) is 0 Å². The number of carboxylic acids is 1. The zero-order chi connectivity index (χ0) is 21.4. The lowest BCUT2D eigenvalue weighted by Gasteiger charge is -2.29. The van der Waals surface area contributed by atoms with Gasteiger partial charge < -0.3 is 32.1 Å². The molecule has 158 valence electrons. The summed E-state index contributed by atoms with van der Waals surface area (Å²) < 4.78 is 0. The molecule has 11 nitrogen and oxygen atoms in total. The van der Waals surface area contributed by atoms with Crippen LogP contribution in [0, 0.1) is 5.92 Å². The predicted octanol–water partition coefficient (Wildman–Crippen LogP) is -2.09. The van der Waals surface area contributed by atoms with E-state index in [9.17, 15) is 29.1 Å². The van der Waals surface area contributed by atoms with Gasteiger partial charge in [0.2, 0.25) is 23.6 Å². The molecule has 0 aromatic heterocycles. The van der Waals surface area contributed by atoms with Crippen LogP contribution in [0.2, 0.25) is 0 Å². The number of primary amides is 1. The van der Waals surface area contributed by atoms with E-state index in [1.54, 1.807) is 13.8 Å². The first-order valence-corrected chi connectivity index (χ1v) is 9.19. The number of amides is 4. The van der Waals surface area contributed by atoms with Crippen LogP contribution in [0.1, 0.15) is 39.5 Å². The minimum Gasteiger partial charge on any atom is -0.480 e. The molecule has 0 saturated carbocycles. The number of aliphatic carboxylic acids is 1. The molecule has 0 bridgehead atoms. The molecule has 1 saturated heterocycles. The Kier molecular flexibility index (Phi) is 8.83. The topological polar surface area (TPSA) is 185 Å². The molecule has 4 amide bonds. The highest BCUT2D eigenvalue weighted by Gasteiger charge is 2.39. The summed E-state index contributed by atoms with van der Waals surface area (Å²) in [5.41, 5.74) is 10.4. The van der Waals surface area contributed by atoms with Gasteiger partial charge >= 0.3 is 5.97 Å². The Morgan fingerprint density at radius 3 is 2.32 bits per heavy atom. The van der Waals surface area contributed by atoms with Crippen molar-refractivity contribution in [3.05, 3.63) is 0 Å². The molecule has 1 aliphatic rings. The Morgan fingerprint density at radius 1 is 1.18 bits per heavy atom. The van der Waals surface area contributed by atoms with Crippen molar-refractivity contribution in [1.82, 2.24) is 15.5 Å².